The molecule has 7 nitrogen and oxygen atoms in total. The van der Waals surface area contributed by atoms with Gasteiger partial charge in [-0.05, 0) is 32.9 Å². The third-order valence-electron chi connectivity index (χ3n) is 3.17. The largest absolute Gasteiger partial charge is 0.271 e. The van der Waals surface area contributed by atoms with Crippen LogP contribution in [0.1, 0.15) is 17.1 Å². The van der Waals surface area contributed by atoms with Crippen molar-refractivity contribution in [3.8, 4) is 0 Å². The van der Waals surface area contributed by atoms with E-state index in [9.17, 15) is 8.42 Å². The Kier molecular flexibility index (Phi) is 3.51. The van der Waals surface area contributed by atoms with Gasteiger partial charge in [-0.1, -0.05) is 0 Å². The van der Waals surface area contributed by atoms with Crippen molar-refractivity contribution in [3.63, 3.8) is 0 Å². The summed E-state index contributed by atoms with van der Waals surface area (Å²) in [5.74, 6) is 0.276. The van der Waals surface area contributed by atoms with Gasteiger partial charge in [0, 0.05) is 14.1 Å². The average Bonchev–Trinajstić information content (AvgIpc) is 2.63. The smallest absolute Gasteiger partial charge is 0.268 e. The van der Waals surface area contributed by atoms with Crippen molar-refractivity contribution in [2.24, 2.45) is 7.05 Å². The van der Waals surface area contributed by atoms with Crippen molar-refractivity contribution in [1.29, 1.82) is 0 Å². The highest BCUT2D eigenvalue weighted by molar-refractivity contribution is 7.92. The van der Waals surface area contributed by atoms with Crippen LogP contribution in [0.3, 0.4) is 0 Å². The van der Waals surface area contributed by atoms with Gasteiger partial charge < -0.3 is 0 Å². The van der Waals surface area contributed by atoms with Crippen LogP contribution in [0.25, 0.3) is 0 Å². The number of aromatic nitrogens is 4. The maximum atomic E-state index is 12.7. The van der Waals surface area contributed by atoms with E-state index in [1.807, 2.05) is 0 Å². The number of nitrogens with zero attached hydrogens (tertiary/aromatic N) is 5. The van der Waals surface area contributed by atoms with Crippen molar-refractivity contribution in [1.82, 2.24) is 20.0 Å². The molecule has 2 heterocycles. The van der Waals surface area contributed by atoms with E-state index in [-0.39, 0.29) is 10.7 Å². The van der Waals surface area contributed by atoms with Crippen molar-refractivity contribution < 1.29 is 8.42 Å². The normalized spacial score (nSPS) is 11.7. The van der Waals surface area contributed by atoms with E-state index in [1.165, 1.54) is 7.05 Å². The molecule has 2 rings (SSSR count). The molecule has 2 aromatic heterocycles. The molecule has 0 radical (unpaired) electrons. The first kappa shape index (κ1) is 14.4. The Hall–Kier alpha value is -1.96. The van der Waals surface area contributed by atoms with Crippen molar-refractivity contribution in [2.75, 3.05) is 11.4 Å². The van der Waals surface area contributed by atoms with Gasteiger partial charge in [0.1, 0.15) is 4.90 Å². The molecule has 0 saturated carbocycles. The summed E-state index contributed by atoms with van der Waals surface area (Å²) in [6.07, 6.45) is 0. The van der Waals surface area contributed by atoms with Gasteiger partial charge in [0.25, 0.3) is 10.0 Å². The van der Waals surface area contributed by atoms with Gasteiger partial charge in [0.2, 0.25) is 0 Å². The van der Waals surface area contributed by atoms with Gasteiger partial charge >= 0.3 is 0 Å². The second-order valence-electron chi connectivity index (χ2n) is 4.63. The number of aryl methyl sites for hydroxylation is 3. The Morgan fingerprint density at radius 3 is 2.25 bits per heavy atom. The van der Waals surface area contributed by atoms with E-state index in [1.54, 1.807) is 44.6 Å². The lowest BCUT2D eigenvalue weighted by Crippen LogP contribution is -2.28. The van der Waals surface area contributed by atoms with E-state index in [2.05, 4.69) is 15.3 Å². The Morgan fingerprint density at radius 2 is 1.80 bits per heavy atom. The second-order valence-corrected chi connectivity index (χ2v) is 6.54. The van der Waals surface area contributed by atoms with E-state index < -0.39 is 10.0 Å². The SMILES string of the molecule is Cc1ccc(N(C)S(=O)(=O)c2c(C)nn(C)c2C)nn1. The summed E-state index contributed by atoms with van der Waals surface area (Å²) in [6.45, 7) is 5.19. The van der Waals surface area contributed by atoms with Crippen molar-refractivity contribution >= 4 is 15.8 Å². The predicted octanol–water partition coefficient (Wildman–Crippen LogP) is 0.960. The molecule has 0 unspecified atom stereocenters. The lowest BCUT2D eigenvalue weighted by Gasteiger charge is -2.18. The Morgan fingerprint density at radius 1 is 1.15 bits per heavy atom. The molecule has 108 valence electrons. The first-order valence-electron chi connectivity index (χ1n) is 6.04. The highest BCUT2D eigenvalue weighted by Crippen LogP contribution is 2.24. The first-order valence-corrected chi connectivity index (χ1v) is 7.48. The molecule has 2 aromatic rings. The number of hydrogen-bond donors (Lipinski definition) is 0. The Labute approximate surface area is 118 Å². The fourth-order valence-corrected chi connectivity index (χ4v) is 3.48. The topological polar surface area (TPSA) is 81.0 Å². The summed E-state index contributed by atoms with van der Waals surface area (Å²) in [6, 6.07) is 3.35. The van der Waals surface area contributed by atoms with Crippen LogP contribution < -0.4 is 4.31 Å². The number of sulfonamides is 1. The number of hydrogen-bond acceptors (Lipinski definition) is 5. The van der Waals surface area contributed by atoms with Gasteiger partial charge in [0.05, 0.1) is 17.1 Å². The zero-order valence-electron chi connectivity index (χ0n) is 12.1. The van der Waals surface area contributed by atoms with Gasteiger partial charge in [-0.3, -0.25) is 8.99 Å². The molecule has 0 aliphatic rings. The predicted molar refractivity (Wildman–Crippen MR) is 75.0 cm³/mol. The molecule has 0 amide bonds. The molecule has 0 N–H and O–H groups in total. The van der Waals surface area contributed by atoms with Crippen LogP contribution in [0.2, 0.25) is 0 Å². The lowest BCUT2D eigenvalue weighted by molar-refractivity contribution is 0.592. The highest BCUT2D eigenvalue weighted by Gasteiger charge is 2.29. The molecular formula is C12H17N5O2S. The van der Waals surface area contributed by atoms with Gasteiger partial charge in [-0.25, -0.2) is 8.42 Å². The Bertz CT molecular complexity index is 734. The molecule has 0 aromatic carbocycles. The van der Waals surface area contributed by atoms with Crippen LogP contribution in [0.4, 0.5) is 5.82 Å². The quantitative estimate of drug-likeness (QED) is 0.842. The Balaban J connectivity index is 2.52. The lowest BCUT2D eigenvalue weighted by atomic mass is 10.4. The summed E-state index contributed by atoms with van der Waals surface area (Å²) in [4.78, 5) is 0.213. The summed E-state index contributed by atoms with van der Waals surface area (Å²) >= 11 is 0. The first-order chi connectivity index (χ1) is 9.25. The monoisotopic (exact) mass is 295 g/mol. The summed E-state index contributed by atoms with van der Waals surface area (Å²) < 4.78 is 28.0. The molecule has 0 aliphatic heterocycles. The molecule has 0 aliphatic carbocycles. The summed E-state index contributed by atoms with van der Waals surface area (Å²) in [5.41, 5.74) is 1.79. The fourth-order valence-electron chi connectivity index (χ4n) is 1.95. The molecule has 0 bridgehead atoms. The van der Waals surface area contributed by atoms with E-state index in [0.717, 1.165) is 10.00 Å². The maximum Gasteiger partial charge on any atom is 0.268 e. The van der Waals surface area contributed by atoms with E-state index in [4.69, 9.17) is 0 Å². The fraction of sp³-hybridized carbons (Fsp3) is 0.417. The van der Waals surface area contributed by atoms with E-state index >= 15 is 0 Å². The van der Waals surface area contributed by atoms with Crippen molar-refractivity contribution in [3.05, 3.63) is 29.2 Å². The molecular weight excluding hydrogens is 278 g/mol. The van der Waals surface area contributed by atoms with Gasteiger partial charge in [-0.15, -0.1) is 5.10 Å². The zero-order chi connectivity index (χ0) is 15.1. The molecule has 8 heteroatoms. The molecule has 0 spiro atoms. The van der Waals surface area contributed by atoms with Gasteiger partial charge in [0.15, 0.2) is 5.82 Å². The average molecular weight is 295 g/mol. The highest BCUT2D eigenvalue weighted by atomic mass is 32.2. The van der Waals surface area contributed by atoms with E-state index in [0.29, 0.717) is 11.4 Å². The molecule has 0 saturated heterocycles. The maximum absolute atomic E-state index is 12.7. The number of anilines is 1. The minimum Gasteiger partial charge on any atom is -0.271 e. The summed E-state index contributed by atoms with van der Waals surface area (Å²) in [7, 11) is -0.524. The summed E-state index contributed by atoms with van der Waals surface area (Å²) in [5, 5.41) is 11.9. The molecule has 0 atom stereocenters. The van der Waals surface area contributed by atoms with Crippen LogP contribution in [-0.4, -0.2) is 35.4 Å². The van der Waals surface area contributed by atoms with Crippen LogP contribution in [0, 0.1) is 20.8 Å². The van der Waals surface area contributed by atoms with Gasteiger partial charge in [-0.2, -0.15) is 10.2 Å². The molecule has 20 heavy (non-hydrogen) atoms. The standard InChI is InChI=1S/C12H17N5O2S/c1-8-6-7-11(14-13-8)17(5)20(18,19)12-9(2)15-16(4)10(12)3/h6-7H,1-5H3. The van der Waals surface area contributed by atoms with Crippen molar-refractivity contribution in [2.45, 2.75) is 25.7 Å². The minimum atomic E-state index is -3.70. The van der Waals surface area contributed by atoms with Crippen LogP contribution in [-0.2, 0) is 17.1 Å². The van der Waals surface area contributed by atoms with Crippen LogP contribution in [0.15, 0.2) is 17.0 Å². The number of rotatable bonds is 3. The van der Waals surface area contributed by atoms with Crippen LogP contribution in [0.5, 0.6) is 0 Å². The zero-order valence-corrected chi connectivity index (χ0v) is 12.9. The van der Waals surface area contributed by atoms with Crippen LogP contribution >= 0.6 is 0 Å². The minimum absolute atomic E-state index is 0.213. The third kappa shape index (κ3) is 2.26. The second kappa shape index (κ2) is 4.86. The molecule has 0 fully saturated rings. The third-order valence-corrected chi connectivity index (χ3v) is 5.18.